The van der Waals surface area contributed by atoms with Gasteiger partial charge in [-0.25, -0.2) is 0 Å². The number of carbonyl (C=O) groups excluding carboxylic acids is 3. The summed E-state index contributed by atoms with van der Waals surface area (Å²) in [4.78, 5) is 39.6. The Kier molecular flexibility index (Phi) is 14.6. The predicted molar refractivity (Wildman–Crippen MR) is 175 cm³/mol. The van der Waals surface area contributed by atoms with Crippen LogP contribution in [0.5, 0.6) is 0 Å². The third-order valence-electron chi connectivity index (χ3n) is 7.59. The zero-order valence-electron chi connectivity index (χ0n) is 25.1. The number of allylic oxidation sites excluding steroid dienone is 2. The fourth-order valence-electron chi connectivity index (χ4n) is 5.03. The molecule has 1 aliphatic heterocycles. The Labute approximate surface area is 259 Å². The van der Waals surface area contributed by atoms with Gasteiger partial charge in [0.2, 0.25) is 11.8 Å². The van der Waals surface area contributed by atoms with Gasteiger partial charge in [-0.3, -0.25) is 14.4 Å². The van der Waals surface area contributed by atoms with Gasteiger partial charge in [-0.05, 0) is 53.7 Å². The molecule has 0 radical (unpaired) electrons. The average Bonchev–Trinajstić information content (AvgIpc) is 2.98. The Balaban J connectivity index is 1.93. The molecule has 7 heteroatoms. The number of halogens is 1. The highest BCUT2D eigenvalue weighted by Crippen LogP contribution is 2.22. The topological polar surface area (TPSA) is 87.3 Å². The SMILES string of the molecule is CC(C)[C@@H]1NC(=O)/C(c2ccc(Br)cc2)=C\C=C(\c2ccccc2)CNC(=O)CCCCCCCCCCCNC1=O. The van der Waals surface area contributed by atoms with Gasteiger partial charge >= 0.3 is 0 Å². The van der Waals surface area contributed by atoms with E-state index in [1.165, 1.54) is 19.3 Å². The number of nitrogens with one attached hydrogen (secondary N) is 3. The maximum atomic E-state index is 13.8. The van der Waals surface area contributed by atoms with Crippen LogP contribution in [-0.4, -0.2) is 36.9 Å². The summed E-state index contributed by atoms with van der Waals surface area (Å²) in [6, 6.07) is 16.7. The van der Waals surface area contributed by atoms with Crippen molar-refractivity contribution in [3.8, 4) is 0 Å². The predicted octanol–water partition coefficient (Wildman–Crippen LogP) is 7.20. The molecule has 0 saturated carbocycles. The molecule has 0 unspecified atom stereocenters. The summed E-state index contributed by atoms with van der Waals surface area (Å²) in [7, 11) is 0. The summed E-state index contributed by atoms with van der Waals surface area (Å²) in [5, 5.41) is 9.13. The van der Waals surface area contributed by atoms with E-state index in [4.69, 9.17) is 0 Å². The van der Waals surface area contributed by atoms with Crippen molar-refractivity contribution >= 4 is 44.8 Å². The molecule has 6 nitrogen and oxygen atoms in total. The second-order valence-corrected chi connectivity index (χ2v) is 12.3. The quantitative estimate of drug-likeness (QED) is 0.333. The molecule has 2 aromatic carbocycles. The van der Waals surface area contributed by atoms with Crippen LogP contribution in [-0.2, 0) is 14.4 Å². The molecule has 0 saturated heterocycles. The van der Waals surface area contributed by atoms with Crippen molar-refractivity contribution in [2.24, 2.45) is 5.92 Å². The fourth-order valence-corrected chi connectivity index (χ4v) is 5.30. The number of amides is 3. The number of hydrogen-bond donors (Lipinski definition) is 3. The molecule has 226 valence electrons. The Hall–Kier alpha value is -3.19. The van der Waals surface area contributed by atoms with Gasteiger partial charge < -0.3 is 16.0 Å². The van der Waals surface area contributed by atoms with E-state index in [-0.39, 0.29) is 23.6 Å². The Morgan fingerprint density at radius 3 is 1.98 bits per heavy atom. The molecule has 42 heavy (non-hydrogen) atoms. The summed E-state index contributed by atoms with van der Waals surface area (Å²) in [5.74, 6) is -0.525. The van der Waals surface area contributed by atoms with E-state index >= 15 is 0 Å². The largest absolute Gasteiger partial charge is 0.354 e. The van der Waals surface area contributed by atoms with Gasteiger partial charge in [0.25, 0.3) is 5.91 Å². The maximum Gasteiger partial charge on any atom is 0.252 e. The lowest BCUT2D eigenvalue weighted by molar-refractivity contribution is -0.127. The first-order valence-corrected chi connectivity index (χ1v) is 16.2. The van der Waals surface area contributed by atoms with Crippen molar-refractivity contribution in [2.45, 2.75) is 84.1 Å². The van der Waals surface area contributed by atoms with Gasteiger partial charge in [-0.2, -0.15) is 0 Å². The van der Waals surface area contributed by atoms with E-state index in [9.17, 15) is 14.4 Å². The molecule has 3 amide bonds. The summed E-state index contributed by atoms with van der Waals surface area (Å²) in [5.41, 5.74) is 3.04. The molecule has 0 aromatic heterocycles. The highest BCUT2D eigenvalue weighted by Gasteiger charge is 2.25. The molecular weight excluding hydrogens is 590 g/mol. The average molecular weight is 637 g/mol. The Morgan fingerprint density at radius 1 is 0.714 bits per heavy atom. The monoisotopic (exact) mass is 635 g/mol. The molecular formula is C35H46BrN3O3. The van der Waals surface area contributed by atoms with Crippen LogP contribution < -0.4 is 16.0 Å². The molecule has 0 aliphatic carbocycles. The summed E-state index contributed by atoms with van der Waals surface area (Å²) in [6.45, 7) is 4.84. The van der Waals surface area contributed by atoms with Crippen molar-refractivity contribution in [2.75, 3.05) is 13.1 Å². The zero-order valence-corrected chi connectivity index (χ0v) is 26.7. The van der Waals surface area contributed by atoms with Crippen LogP contribution in [0.3, 0.4) is 0 Å². The lowest BCUT2D eigenvalue weighted by Crippen LogP contribution is -2.50. The molecule has 3 N–H and O–H groups in total. The van der Waals surface area contributed by atoms with E-state index in [1.54, 1.807) is 6.08 Å². The lowest BCUT2D eigenvalue weighted by atomic mass is 9.99. The van der Waals surface area contributed by atoms with Gasteiger partial charge in [-0.1, -0.05) is 123 Å². The van der Waals surface area contributed by atoms with E-state index < -0.39 is 6.04 Å². The van der Waals surface area contributed by atoms with E-state index in [1.807, 2.05) is 74.5 Å². The third-order valence-corrected chi connectivity index (χ3v) is 8.12. The first-order valence-electron chi connectivity index (χ1n) is 15.4. The zero-order chi connectivity index (χ0) is 30.2. The summed E-state index contributed by atoms with van der Waals surface area (Å²) < 4.78 is 0.907. The van der Waals surface area contributed by atoms with Crippen LogP contribution >= 0.6 is 15.9 Å². The Morgan fingerprint density at radius 2 is 1.33 bits per heavy atom. The van der Waals surface area contributed by atoms with Gasteiger partial charge in [0.1, 0.15) is 6.04 Å². The van der Waals surface area contributed by atoms with E-state index in [0.29, 0.717) is 25.1 Å². The number of hydrogen-bond acceptors (Lipinski definition) is 3. The van der Waals surface area contributed by atoms with Crippen LogP contribution in [0.25, 0.3) is 11.1 Å². The minimum Gasteiger partial charge on any atom is -0.354 e. The van der Waals surface area contributed by atoms with Crippen LogP contribution in [0.15, 0.2) is 71.2 Å². The lowest BCUT2D eigenvalue weighted by Gasteiger charge is -2.22. The van der Waals surface area contributed by atoms with Crippen LogP contribution in [0.4, 0.5) is 0 Å². The van der Waals surface area contributed by atoms with E-state index in [0.717, 1.165) is 59.7 Å². The van der Waals surface area contributed by atoms with Gasteiger partial charge in [0.05, 0.1) is 0 Å². The van der Waals surface area contributed by atoms with Crippen molar-refractivity contribution in [3.05, 3.63) is 82.3 Å². The first-order chi connectivity index (χ1) is 20.3. The van der Waals surface area contributed by atoms with Crippen molar-refractivity contribution in [3.63, 3.8) is 0 Å². The second-order valence-electron chi connectivity index (χ2n) is 11.3. The van der Waals surface area contributed by atoms with Crippen molar-refractivity contribution < 1.29 is 14.4 Å². The summed E-state index contributed by atoms with van der Waals surface area (Å²) in [6.07, 6.45) is 14.1. The van der Waals surface area contributed by atoms with Gasteiger partial charge in [0, 0.05) is 29.6 Å². The Bertz CT molecular complexity index is 1210. The van der Waals surface area contributed by atoms with Crippen LogP contribution in [0.1, 0.15) is 89.2 Å². The number of benzene rings is 2. The highest BCUT2D eigenvalue weighted by molar-refractivity contribution is 9.10. The highest BCUT2D eigenvalue weighted by atomic mass is 79.9. The second kappa shape index (κ2) is 18.4. The fraction of sp³-hybridized carbons (Fsp3) is 0.457. The number of carbonyl (C=O) groups is 3. The molecule has 1 heterocycles. The standard InChI is InChI=1S/C35H46BrN3O3/c1-26(2)33-35(42)37-24-14-9-7-5-3-4-6-8-13-17-32(40)38-25-29(27-15-11-10-12-16-27)20-23-31(34(41)39-33)28-18-21-30(36)22-19-28/h10-12,15-16,18-23,26,33H,3-9,13-14,17,24-25H2,1-2H3,(H,37,42)(H,38,40)(H,39,41)/b29-20+,31-23-/t33-/m0/s1. The normalized spacial score (nSPS) is 22.1. The van der Waals surface area contributed by atoms with Gasteiger partial charge in [0.15, 0.2) is 0 Å². The number of rotatable bonds is 3. The summed E-state index contributed by atoms with van der Waals surface area (Å²) >= 11 is 3.48. The smallest absolute Gasteiger partial charge is 0.252 e. The molecule has 3 rings (SSSR count). The molecule has 1 aliphatic rings. The molecule has 1 atom stereocenters. The molecule has 0 spiro atoms. The maximum absolute atomic E-state index is 13.8. The van der Waals surface area contributed by atoms with Crippen LogP contribution in [0.2, 0.25) is 0 Å². The van der Waals surface area contributed by atoms with Crippen LogP contribution in [0, 0.1) is 5.92 Å². The minimum absolute atomic E-state index is 0.0378. The van der Waals surface area contributed by atoms with Gasteiger partial charge in [-0.15, -0.1) is 0 Å². The molecule has 2 aromatic rings. The first kappa shape index (κ1) is 33.3. The van der Waals surface area contributed by atoms with E-state index in [2.05, 4.69) is 31.9 Å². The molecule has 0 bridgehead atoms. The molecule has 0 fully saturated rings. The van der Waals surface area contributed by atoms with Crippen molar-refractivity contribution in [1.29, 1.82) is 0 Å². The minimum atomic E-state index is -0.658. The third kappa shape index (κ3) is 11.6. The van der Waals surface area contributed by atoms with Crippen molar-refractivity contribution in [1.82, 2.24) is 16.0 Å².